The first kappa shape index (κ1) is 28.3. The summed E-state index contributed by atoms with van der Waals surface area (Å²) in [5.41, 5.74) is 4.93. The van der Waals surface area contributed by atoms with Crippen LogP contribution < -0.4 is 14.9 Å². The van der Waals surface area contributed by atoms with Gasteiger partial charge in [-0.3, -0.25) is 9.36 Å². The van der Waals surface area contributed by atoms with Gasteiger partial charge in [-0.15, -0.1) is 0 Å². The number of aromatic carboxylic acids is 1. The molecule has 210 valence electrons. The van der Waals surface area contributed by atoms with E-state index >= 15 is 0 Å². The number of carbonyl (C=O) groups is 2. The zero-order valence-electron chi connectivity index (χ0n) is 23.1. The summed E-state index contributed by atoms with van der Waals surface area (Å²) in [6.45, 7) is 9.20. The Labute approximate surface area is 245 Å². The van der Waals surface area contributed by atoms with Crippen molar-refractivity contribution in [3.8, 4) is 5.69 Å². The molecule has 0 aliphatic carbocycles. The third-order valence-corrected chi connectivity index (χ3v) is 8.13. The van der Waals surface area contributed by atoms with Crippen LogP contribution in [-0.2, 0) is 9.53 Å². The van der Waals surface area contributed by atoms with Crippen molar-refractivity contribution in [3.05, 3.63) is 119 Å². The molecule has 41 heavy (non-hydrogen) atoms. The Hall–Kier alpha value is -4.21. The molecule has 4 aromatic rings. The van der Waals surface area contributed by atoms with Gasteiger partial charge in [-0.05, 0) is 94.3 Å². The number of halogens is 1. The van der Waals surface area contributed by atoms with Crippen LogP contribution >= 0.6 is 22.9 Å². The van der Waals surface area contributed by atoms with E-state index in [1.165, 1.54) is 11.3 Å². The van der Waals surface area contributed by atoms with E-state index in [0.717, 1.165) is 28.2 Å². The highest BCUT2D eigenvalue weighted by atomic mass is 35.5. The van der Waals surface area contributed by atoms with Crippen LogP contribution in [0.1, 0.15) is 59.7 Å². The molecule has 1 N–H and O–H groups in total. The van der Waals surface area contributed by atoms with Gasteiger partial charge in [0, 0.05) is 22.1 Å². The number of hydrogen-bond acceptors (Lipinski definition) is 6. The van der Waals surface area contributed by atoms with Gasteiger partial charge in [0.2, 0.25) is 0 Å². The Morgan fingerprint density at radius 1 is 1.07 bits per heavy atom. The van der Waals surface area contributed by atoms with Gasteiger partial charge in [0.25, 0.3) is 5.56 Å². The maximum atomic E-state index is 14.0. The fraction of sp³-hybridized carbons (Fsp3) is 0.226. The monoisotopic (exact) mass is 589 g/mol. The average molecular weight is 590 g/mol. The van der Waals surface area contributed by atoms with E-state index < -0.39 is 18.0 Å². The lowest BCUT2D eigenvalue weighted by molar-refractivity contribution is -0.143. The molecule has 8 nitrogen and oxygen atoms in total. The Balaban J connectivity index is 1.65. The molecule has 0 radical (unpaired) electrons. The second kappa shape index (κ2) is 11.0. The summed E-state index contributed by atoms with van der Waals surface area (Å²) in [5, 5.41) is 9.78. The van der Waals surface area contributed by atoms with Gasteiger partial charge >= 0.3 is 11.9 Å². The van der Waals surface area contributed by atoms with Gasteiger partial charge in [-0.2, -0.15) is 0 Å². The van der Waals surface area contributed by atoms with Crippen LogP contribution in [0.2, 0.25) is 5.02 Å². The number of allylic oxidation sites excluding steroid dienone is 1. The van der Waals surface area contributed by atoms with Crippen molar-refractivity contribution in [3.63, 3.8) is 0 Å². The molecule has 0 saturated heterocycles. The first-order valence-electron chi connectivity index (χ1n) is 13.0. The third kappa shape index (κ3) is 5.30. The standard InChI is InChI=1S/C31H28ClN3O5S/c1-16(2)40-30(39)26-18(4)33-31-35(27(26)20-6-10-23(32)11-7-20)28(36)25(41-31)15-22-14-17(3)34(19(22)5)24-12-8-21(9-13-24)29(37)38/h6-16,27H,1-5H3,(H,37,38)/b25-15+/t27-/m0/s1. The second-order valence-electron chi connectivity index (χ2n) is 10.1. The molecule has 5 rings (SSSR count). The van der Waals surface area contributed by atoms with Crippen LogP contribution in [0.25, 0.3) is 11.8 Å². The highest BCUT2D eigenvalue weighted by Gasteiger charge is 2.33. The van der Waals surface area contributed by atoms with E-state index in [-0.39, 0.29) is 17.2 Å². The molecule has 0 bridgehead atoms. The number of thiazole rings is 1. The predicted octanol–water partition coefficient (Wildman–Crippen LogP) is 4.95. The predicted molar refractivity (Wildman–Crippen MR) is 159 cm³/mol. The lowest BCUT2D eigenvalue weighted by Gasteiger charge is -2.25. The summed E-state index contributed by atoms with van der Waals surface area (Å²) >= 11 is 7.40. The van der Waals surface area contributed by atoms with E-state index in [4.69, 9.17) is 16.3 Å². The molecule has 1 atom stereocenters. The first-order valence-corrected chi connectivity index (χ1v) is 14.2. The number of esters is 1. The van der Waals surface area contributed by atoms with Gasteiger partial charge in [0.15, 0.2) is 4.80 Å². The normalized spacial score (nSPS) is 15.2. The maximum absolute atomic E-state index is 14.0. The number of carbonyl (C=O) groups excluding carboxylic acids is 1. The van der Waals surface area contributed by atoms with Crippen LogP contribution in [0.3, 0.4) is 0 Å². The molecule has 10 heteroatoms. The molecule has 0 saturated carbocycles. The largest absolute Gasteiger partial charge is 0.478 e. The maximum Gasteiger partial charge on any atom is 0.338 e. The van der Waals surface area contributed by atoms with Gasteiger partial charge in [-0.1, -0.05) is 35.1 Å². The summed E-state index contributed by atoms with van der Waals surface area (Å²) in [6, 6.07) is 15.0. The van der Waals surface area contributed by atoms with Crippen LogP contribution in [0.5, 0.6) is 0 Å². The summed E-state index contributed by atoms with van der Waals surface area (Å²) in [4.78, 5) is 43.6. The van der Waals surface area contributed by atoms with Gasteiger partial charge < -0.3 is 14.4 Å². The van der Waals surface area contributed by atoms with Crippen molar-refractivity contribution < 1.29 is 19.4 Å². The number of hydrogen-bond donors (Lipinski definition) is 1. The van der Waals surface area contributed by atoms with E-state index in [1.807, 2.05) is 30.6 Å². The molecule has 0 spiro atoms. The molecular weight excluding hydrogens is 562 g/mol. The number of fused-ring (bicyclic) bond motifs is 1. The van der Waals surface area contributed by atoms with Crippen LogP contribution in [0, 0.1) is 13.8 Å². The Morgan fingerprint density at radius 2 is 1.73 bits per heavy atom. The van der Waals surface area contributed by atoms with E-state index in [1.54, 1.807) is 73.9 Å². The lowest BCUT2D eigenvalue weighted by atomic mass is 9.96. The van der Waals surface area contributed by atoms with Crippen molar-refractivity contribution in [2.45, 2.75) is 46.8 Å². The summed E-state index contributed by atoms with van der Waals surface area (Å²) < 4.78 is 9.58. The molecule has 2 aromatic carbocycles. The molecule has 0 fully saturated rings. The molecule has 1 aliphatic rings. The minimum atomic E-state index is -0.985. The van der Waals surface area contributed by atoms with Gasteiger partial charge in [0.05, 0.1) is 33.5 Å². The number of ether oxygens (including phenoxy) is 1. The fourth-order valence-electron chi connectivity index (χ4n) is 5.05. The molecule has 2 aromatic heterocycles. The van der Waals surface area contributed by atoms with Crippen molar-refractivity contribution in [1.82, 2.24) is 9.13 Å². The zero-order valence-corrected chi connectivity index (χ0v) is 24.7. The number of aryl methyl sites for hydroxylation is 1. The molecule has 1 aliphatic heterocycles. The quantitative estimate of drug-likeness (QED) is 0.321. The van der Waals surface area contributed by atoms with E-state index in [9.17, 15) is 19.5 Å². The number of benzene rings is 2. The number of rotatable bonds is 6. The summed E-state index contributed by atoms with van der Waals surface area (Å²) in [6.07, 6.45) is 1.49. The molecule has 0 unspecified atom stereocenters. The summed E-state index contributed by atoms with van der Waals surface area (Å²) in [7, 11) is 0. The SMILES string of the molecule is CC1=C(C(=O)OC(C)C)[C@H](c2ccc(Cl)cc2)n2c(s/c(=C/c3cc(C)n(-c4ccc(C(=O)O)cc4)c3C)c2=O)=N1. The van der Waals surface area contributed by atoms with Crippen molar-refractivity contribution in [1.29, 1.82) is 0 Å². The molecular formula is C31H28ClN3O5S. The fourth-order valence-corrected chi connectivity index (χ4v) is 6.21. The van der Waals surface area contributed by atoms with E-state index in [2.05, 4.69) is 4.99 Å². The number of carboxylic acid groups (broad SMARTS) is 1. The first-order chi connectivity index (χ1) is 19.5. The second-order valence-corrected chi connectivity index (χ2v) is 11.5. The average Bonchev–Trinajstić information content (AvgIpc) is 3.37. The minimum absolute atomic E-state index is 0.208. The van der Waals surface area contributed by atoms with Crippen molar-refractivity contribution in [2.24, 2.45) is 4.99 Å². The third-order valence-electron chi connectivity index (χ3n) is 6.90. The van der Waals surface area contributed by atoms with Crippen molar-refractivity contribution >= 4 is 41.0 Å². The molecule has 0 amide bonds. The zero-order chi connectivity index (χ0) is 29.6. The van der Waals surface area contributed by atoms with E-state index in [0.29, 0.717) is 25.6 Å². The molecule has 3 heterocycles. The number of nitrogens with zero attached hydrogens (tertiary/aromatic N) is 3. The van der Waals surface area contributed by atoms with Crippen LogP contribution in [-0.4, -0.2) is 32.3 Å². The number of aromatic nitrogens is 2. The Kier molecular flexibility index (Phi) is 7.59. The Morgan fingerprint density at radius 3 is 2.34 bits per heavy atom. The Bertz CT molecular complexity index is 1890. The van der Waals surface area contributed by atoms with Gasteiger partial charge in [0.1, 0.15) is 0 Å². The summed E-state index contributed by atoms with van der Waals surface area (Å²) in [5.74, 6) is -1.51. The van der Waals surface area contributed by atoms with Crippen molar-refractivity contribution in [2.75, 3.05) is 0 Å². The van der Waals surface area contributed by atoms with Crippen LogP contribution in [0.15, 0.2) is 75.7 Å². The highest BCUT2D eigenvalue weighted by molar-refractivity contribution is 7.07. The van der Waals surface area contributed by atoms with Gasteiger partial charge in [-0.25, -0.2) is 14.6 Å². The lowest BCUT2D eigenvalue weighted by Crippen LogP contribution is -2.40. The smallest absolute Gasteiger partial charge is 0.338 e. The highest BCUT2D eigenvalue weighted by Crippen LogP contribution is 2.31. The van der Waals surface area contributed by atoms with Crippen LogP contribution in [0.4, 0.5) is 0 Å². The topological polar surface area (TPSA) is 103 Å². The number of carboxylic acids is 1. The minimum Gasteiger partial charge on any atom is -0.478 e.